The molecule has 128 valence electrons. The largest absolute Gasteiger partial charge is 0.490 e. The van der Waals surface area contributed by atoms with Crippen molar-refractivity contribution in [3.05, 3.63) is 62.5 Å². The van der Waals surface area contributed by atoms with Gasteiger partial charge in [0.25, 0.3) is 5.56 Å². The number of hydrogen-bond donors (Lipinski definition) is 0. The number of nitrogens with zero attached hydrogens (tertiary/aromatic N) is 1. The summed E-state index contributed by atoms with van der Waals surface area (Å²) in [6.45, 7) is 1.64. The fraction of sp³-hybridized carbons (Fsp3) is 0.389. The second-order valence-electron chi connectivity index (χ2n) is 5.83. The van der Waals surface area contributed by atoms with Crippen molar-refractivity contribution in [1.82, 2.24) is 4.57 Å². The molecule has 1 saturated heterocycles. The van der Waals surface area contributed by atoms with Crippen molar-refractivity contribution in [3.63, 3.8) is 0 Å². The van der Waals surface area contributed by atoms with Crippen LogP contribution in [0.15, 0.2) is 41.3 Å². The number of pyridine rings is 1. The maximum Gasteiger partial charge on any atom is 0.250 e. The first kappa shape index (κ1) is 17.3. The second kappa shape index (κ2) is 8.06. The quantitative estimate of drug-likeness (QED) is 0.775. The standard InChI is InChI=1S/C18H19Cl2NO3/c19-14-3-4-17(16(20)12-14)24-9-7-21-6-5-13(11-18(21)22)10-15-2-1-8-23-15/h3-6,11-12,15H,1-2,7-10H2. The van der Waals surface area contributed by atoms with Crippen LogP contribution in [0, 0.1) is 0 Å². The van der Waals surface area contributed by atoms with Crippen LogP contribution in [0.2, 0.25) is 10.0 Å². The summed E-state index contributed by atoms with van der Waals surface area (Å²) in [4.78, 5) is 12.2. The first-order valence-electron chi connectivity index (χ1n) is 8.00. The highest BCUT2D eigenvalue weighted by molar-refractivity contribution is 6.35. The van der Waals surface area contributed by atoms with E-state index in [-0.39, 0.29) is 11.7 Å². The second-order valence-corrected chi connectivity index (χ2v) is 6.67. The Bertz CT molecular complexity index is 754. The van der Waals surface area contributed by atoms with Gasteiger partial charge < -0.3 is 14.0 Å². The van der Waals surface area contributed by atoms with Gasteiger partial charge in [0.05, 0.1) is 17.7 Å². The Morgan fingerprint density at radius 1 is 1.25 bits per heavy atom. The van der Waals surface area contributed by atoms with Crippen LogP contribution in [0.5, 0.6) is 5.75 Å². The molecule has 0 N–H and O–H groups in total. The SMILES string of the molecule is O=c1cc(CC2CCCO2)ccn1CCOc1ccc(Cl)cc1Cl. The van der Waals surface area contributed by atoms with Crippen molar-refractivity contribution in [3.8, 4) is 5.75 Å². The molecule has 1 atom stereocenters. The molecule has 2 aromatic rings. The molecule has 1 unspecified atom stereocenters. The van der Waals surface area contributed by atoms with Gasteiger partial charge in [0.15, 0.2) is 0 Å². The van der Waals surface area contributed by atoms with E-state index in [2.05, 4.69) is 0 Å². The molecule has 1 aromatic heterocycles. The van der Waals surface area contributed by atoms with Crippen LogP contribution in [-0.4, -0.2) is 23.9 Å². The Morgan fingerprint density at radius 3 is 2.83 bits per heavy atom. The summed E-state index contributed by atoms with van der Waals surface area (Å²) >= 11 is 11.9. The van der Waals surface area contributed by atoms with Gasteiger partial charge in [-0.1, -0.05) is 23.2 Å². The molecule has 0 saturated carbocycles. The molecule has 0 amide bonds. The molecule has 2 heterocycles. The van der Waals surface area contributed by atoms with Crippen LogP contribution in [0.4, 0.5) is 0 Å². The maximum atomic E-state index is 12.2. The van der Waals surface area contributed by atoms with Gasteiger partial charge in [0.2, 0.25) is 0 Å². The van der Waals surface area contributed by atoms with Gasteiger partial charge in [-0.15, -0.1) is 0 Å². The Kier molecular flexibility index (Phi) is 5.82. The van der Waals surface area contributed by atoms with E-state index < -0.39 is 0 Å². The molecule has 24 heavy (non-hydrogen) atoms. The minimum absolute atomic E-state index is 0.0312. The van der Waals surface area contributed by atoms with Crippen molar-refractivity contribution in [2.45, 2.75) is 31.9 Å². The number of rotatable bonds is 6. The maximum absolute atomic E-state index is 12.2. The average Bonchev–Trinajstić information content (AvgIpc) is 3.04. The van der Waals surface area contributed by atoms with Gasteiger partial charge in [-0.05, 0) is 49.1 Å². The van der Waals surface area contributed by atoms with Gasteiger partial charge in [0.1, 0.15) is 12.4 Å². The zero-order valence-electron chi connectivity index (χ0n) is 13.2. The molecule has 0 bridgehead atoms. The van der Waals surface area contributed by atoms with Crippen molar-refractivity contribution >= 4 is 23.2 Å². The third kappa shape index (κ3) is 4.53. The summed E-state index contributed by atoms with van der Waals surface area (Å²) in [6.07, 6.45) is 5.02. The van der Waals surface area contributed by atoms with Crippen LogP contribution in [0.1, 0.15) is 18.4 Å². The zero-order chi connectivity index (χ0) is 16.9. The average molecular weight is 368 g/mol. The Balaban J connectivity index is 1.56. The summed E-state index contributed by atoms with van der Waals surface area (Å²) < 4.78 is 12.9. The first-order chi connectivity index (χ1) is 11.6. The summed E-state index contributed by atoms with van der Waals surface area (Å²) in [5, 5.41) is 1.02. The van der Waals surface area contributed by atoms with Gasteiger partial charge in [-0.25, -0.2) is 0 Å². The highest BCUT2D eigenvalue weighted by atomic mass is 35.5. The van der Waals surface area contributed by atoms with Gasteiger partial charge in [-0.3, -0.25) is 4.79 Å². The van der Waals surface area contributed by atoms with Gasteiger partial charge in [-0.2, -0.15) is 0 Å². The van der Waals surface area contributed by atoms with E-state index in [0.29, 0.717) is 28.9 Å². The molecule has 0 aliphatic carbocycles. The molecule has 1 fully saturated rings. The molecule has 1 aliphatic heterocycles. The van der Waals surface area contributed by atoms with Crippen molar-refractivity contribution in [2.24, 2.45) is 0 Å². The van der Waals surface area contributed by atoms with Crippen LogP contribution in [0.3, 0.4) is 0 Å². The number of benzene rings is 1. The summed E-state index contributed by atoms with van der Waals surface area (Å²) in [6, 6.07) is 8.72. The molecule has 0 spiro atoms. The molecule has 0 radical (unpaired) electrons. The van der Waals surface area contributed by atoms with E-state index in [1.807, 2.05) is 6.07 Å². The van der Waals surface area contributed by atoms with Crippen LogP contribution in [-0.2, 0) is 17.7 Å². The first-order valence-corrected chi connectivity index (χ1v) is 8.76. The Labute approximate surface area is 150 Å². The highest BCUT2D eigenvalue weighted by Gasteiger charge is 2.16. The van der Waals surface area contributed by atoms with Crippen LogP contribution >= 0.6 is 23.2 Å². The number of aromatic nitrogens is 1. The minimum Gasteiger partial charge on any atom is -0.490 e. The normalized spacial score (nSPS) is 17.2. The smallest absolute Gasteiger partial charge is 0.250 e. The molecule has 3 rings (SSSR count). The lowest BCUT2D eigenvalue weighted by molar-refractivity contribution is 0.111. The van der Waals surface area contributed by atoms with Crippen molar-refractivity contribution < 1.29 is 9.47 Å². The monoisotopic (exact) mass is 367 g/mol. The van der Waals surface area contributed by atoms with E-state index >= 15 is 0 Å². The fourth-order valence-corrected chi connectivity index (χ4v) is 3.24. The summed E-state index contributed by atoms with van der Waals surface area (Å²) in [5.74, 6) is 0.559. The lowest BCUT2D eigenvalue weighted by Gasteiger charge is -2.12. The summed E-state index contributed by atoms with van der Waals surface area (Å²) in [7, 11) is 0. The topological polar surface area (TPSA) is 40.5 Å². The highest BCUT2D eigenvalue weighted by Crippen LogP contribution is 2.27. The fourth-order valence-electron chi connectivity index (χ4n) is 2.77. The Morgan fingerprint density at radius 2 is 2.12 bits per heavy atom. The lowest BCUT2D eigenvalue weighted by Crippen LogP contribution is -2.23. The molecule has 1 aliphatic rings. The van der Waals surface area contributed by atoms with E-state index in [4.69, 9.17) is 32.7 Å². The van der Waals surface area contributed by atoms with Crippen LogP contribution in [0.25, 0.3) is 0 Å². The molecular formula is C18H19Cl2NO3. The lowest BCUT2D eigenvalue weighted by atomic mass is 10.1. The molecule has 1 aromatic carbocycles. The van der Waals surface area contributed by atoms with Gasteiger partial charge in [0, 0.05) is 23.9 Å². The van der Waals surface area contributed by atoms with E-state index in [9.17, 15) is 4.79 Å². The zero-order valence-corrected chi connectivity index (χ0v) is 14.7. The number of hydrogen-bond acceptors (Lipinski definition) is 3. The molecule has 4 nitrogen and oxygen atoms in total. The third-order valence-corrected chi connectivity index (χ3v) is 4.56. The van der Waals surface area contributed by atoms with Crippen LogP contribution < -0.4 is 10.3 Å². The van der Waals surface area contributed by atoms with E-state index in [1.54, 1.807) is 35.0 Å². The van der Waals surface area contributed by atoms with E-state index in [0.717, 1.165) is 31.4 Å². The summed E-state index contributed by atoms with van der Waals surface area (Å²) in [5.41, 5.74) is 0.987. The number of ether oxygens (including phenoxy) is 2. The van der Waals surface area contributed by atoms with Crippen molar-refractivity contribution in [1.29, 1.82) is 0 Å². The van der Waals surface area contributed by atoms with Gasteiger partial charge >= 0.3 is 0 Å². The predicted molar refractivity (Wildman–Crippen MR) is 95.3 cm³/mol. The predicted octanol–water partition coefficient (Wildman–Crippen LogP) is 3.96. The third-order valence-electron chi connectivity index (χ3n) is 4.03. The molecule has 6 heteroatoms. The number of halogens is 2. The Hall–Kier alpha value is -1.49. The molecular weight excluding hydrogens is 349 g/mol. The van der Waals surface area contributed by atoms with Crippen molar-refractivity contribution in [2.75, 3.05) is 13.2 Å². The minimum atomic E-state index is -0.0312. The van der Waals surface area contributed by atoms with E-state index in [1.165, 1.54) is 0 Å².